The molecule has 13 heavy (non-hydrogen) atoms. The maximum atomic E-state index is 12.6. The van der Waals surface area contributed by atoms with Crippen LogP contribution in [0.15, 0.2) is 0 Å². The molecular formula is C8H13BF3O. The van der Waals surface area contributed by atoms with E-state index in [-0.39, 0.29) is 19.2 Å². The van der Waals surface area contributed by atoms with E-state index in [4.69, 9.17) is 0 Å². The Balaban J connectivity index is 2.69. The maximum absolute atomic E-state index is 12.6. The number of alkyl halides is 3. The molecule has 5 heteroatoms. The summed E-state index contributed by atoms with van der Waals surface area (Å²) in [6.07, 6.45) is -4.67. The van der Waals surface area contributed by atoms with Crippen molar-refractivity contribution in [3.63, 3.8) is 0 Å². The minimum absolute atomic E-state index is 0.0749. The van der Waals surface area contributed by atoms with Gasteiger partial charge in [0.15, 0.2) is 0 Å². The quantitative estimate of drug-likeness (QED) is 0.681. The highest BCUT2D eigenvalue weighted by atomic mass is 19.4. The number of hydrogen-bond acceptors (Lipinski definition) is 1. The van der Waals surface area contributed by atoms with Crippen molar-refractivity contribution >= 4 is 7.28 Å². The van der Waals surface area contributed by atoms with Gasteiger partial charge in [0.1, 0.15) is 7.28 Å². The smallest absolute Gasteiger partial charge is 0.393 e. The lowest BCUT2D eigenvalue weighted by Crippen LogP contribution is -2.52. The molecule has 1 nitrogen and oxygen atoms in total. The van der Waals surface area contributed by atoms with Crippen molar-refractivity contribution < 1.29 is 18.3 Å². The third kappa shape index (κ3) is 1.71. The molecule has 0 aromatic carbocycles. The summed E-state index contributed by atoms with van der Waals surface area (Å²) in [6, 6.07) is 0. The number of aliphatic hydroxyl groups excluding tert-OH is 1. The summed E-state index contributed by atoms with van der Waals surface area (Å²) in [4.78, 5) is 0. The largest absolute Gasteiger partial charge is 0.396 e. The summed E-state index contributed by atoms with van der Waals surface area (Å²) in [6.45, 7) is 1.66. The highest BCUT2D eigenvalue weighted by Gasteiger charge is 2.61. The van der Waals surface area contributed by atoms with Crippen LogP contribution in [0, 0.1) is 5.41 Å². The lowest BCUT2D eigenvalue weighted by atomic mass is 9.59. The van der Waals surface area contributed by atoms with E-state index < -0.39 is 17.7 Å². The second-order valence-electron chi connectivity index (χ2n) is 3.67. The zero-order valence-corrected chi connectivity index (χ0v) is 7.56. The lowest BCUT2D eigenvalue weighted by molar-refractivity contribution is -0.279. The third-order valence-corrected chi connectivity index (χ3v) is 2.91. The molecule has 0 saturated heterocycles. The van der Waals surface area contributed by atoms with Crippen molar-refractivity contribution in [3.05, 3.63) is 0 Å². The average Bonchev–Trinajstić information content (AvgIpc) is 1.80. The van der Waals surface area contributed by atoms with E-state index in [0.717, 1.165) is 0 Å². The molecule has 0 aromatic heterocycles. The highest BCUT2D eigenvalue weighted by Crippen LogP contribution is 2.55. The van der Waals surface area contributed by atoms with Gasteiger partial charge in [0.2, 0.25) is 0 Å². The van der Waals surface area contributed by atoms with E-state index >= 15 is 0 Å². The van der Waals surface area contributed by atoms with Crippen LogP contribution in [-0.4, -0.2) is 24.7 Å². The van der Waals surface area contributed by atoms with Gasteiger partial charge in [0.05, 0.1) is 11.5 Å². The van der Waals surface area contributed by atoms with Gasteiger partial charge in [0.25, 0.3) is 0 Å². The van der Waals surface area contributed by atoms with Crippen molar-refractivity contribution in [2.45, 2.75) is 44.7 Å². The summed E-state index contributed by atoms with van der Waals surface area (Å²) >= 11 is 0. The summed E-state index contributed by atoms with van der Waals surface area (Å²) in [5.74, 6) is 0. The fraction of sp³-hybridized carbons (Fsp3) is 1.00. The Morgan fingerprint density at radius 3 is 2.23 bits per heavy atom. The molecule has 1 radical (unpaired) electrons. The van der Waals surface area contributed by atoms with Crippen LogP contribution in [0.3, 0.4) is 0 Å². The summed E-state index contributed by atoms with van der Waals surface area (Å²) in [5.41, 5.74) is -1.81. The van der Waals surface area contributed by atoms with Crippen LogP contribution in [0.4, 0.5) is 13.2 Å². The molecule has 1 N–H and O–H groups in total. The van der Waals surface area contributed by atoms with Crippen molar-refractivity contribution in [3.8, 4) is 0 Å². The van der Waals surface area contributed by atoms with E-state index in [1.807, 2.05) is 0 Å². The molecule has 0 aromatic rings. The topological polar surface area (TPSA) is 20.2 Å². The molecule has 1 saturated carbocycles. The third-order valence-electron chi connectivity index (χ3n) is 2.91. The van der Waals surface area contributed by atoms with Crippen LogP contribution in [0.1, 0.15) is 19.3 Å². The van der Waals surface area contributed by atoms with Gasteiger partial charge in [-0.05, 0) is 12.8 Å². The second kappa shape index (κ2) is 3.52. The van der Waals surface area contributed by atoms with Gasteiger partial charge >= 0.3 is 6.18 Å². The normalized spacial score (nSPS) is 23.5. The molecule has 0 spiro atoms. The molecule has 1 aliphatic carbocycles. The van der Waals surface area contributed by atoms with Gasteiger partial charge in [-0.15, -0.1) is 0 Å². The first kappa shape index (κ1) is 10.9. The minimum atomic E-state index is -4.26. The molecule has 0 aliphatic heterocycles. The fourth-order valence-corrected chi connectivity index (χ4v) is 1.81. The molecule has 0 amide bonds. The molecule has 1 rings (SSSR count). The minimum Gasteiger partial charge on any atom is -0.393 e. The highest BCUT2D eigenvalue weighted by molar-refractivity contribution is 6.33. The summed E-state index contributed by atoms with van der Waals surface area (Å²) < 4.78 is 37.7. The van der Waals surface area contributed by atoms with Crippen molar-refractivity contribution in [2.24, 2.45) is 5.41 Å². The standard InChI is InChI=1S/C8H13BF3O/c1-9-5-6(13)7(3-2-4-7)8(10,11)12/h6,13H,2-5H2,1H3. The van der Waals surface area contributed by atoms with E-state index in [2.05, 4.69) is 0 Å². The Hall–Kier alpha value is -0.185. The number of aliphatic hydroxyl groups is 1. The SMILES string of the molecule is C[B]CC(O)C1(C(F)(F)F)CCC1. The average molecular weight is 193 g/mol. The van der Waals surface area contributed by atoms with Gasteiger partial charge in [-0.1, -0.05) is 19.6 Å². The van der Waals surface area contributed by atoms with Crippen molar-refractivity contribution in [1.29, 1.82) is 0 Å². The molecule has 0 bridgehead atoms. The van der Waals surface area contributed by atoms with Gasteiger partial charge in [-0.2, -0.15) is 13.2 Å². The zero-order chi connectivity index (χ0) is 10.1. The number of rotatable bonds is 3. The fourth-order valence-electron chi connectivity index (χ4n) is 1.81. The Morgan fingerprint density at radius 2 is 2.00 bits per heavy atom. The molecule has 1 unspecified atom stereocenters. The molecular weight excluding hydrogens is 180 g/mol. The predicted molar refractivity (Wildman–Crippen MR) is 44.8 cm³/mol. The van der Waals surface area contributed by atoms with Gasteiger partial charge < -0.3 is 5.11 Å². The van der Waals surface area contributed by atoms with E-state index in [9.17, 15) is 18.3 Å². The Labute approximate surface area is 76.6 Å². The molecule has 1 fully saturated rings. The van der Waals surface area contributed by atoms with Crippen LogP contribution >= 0.6 is 0 Å². The van der Waals surface area contributed by atoms with Gasteiger partial charge in [0, 0.05) is 0 Å². The first-order valence-corrected chi connectivity index (χ1v) is 4.46. The Morgan fingerprint density at radius 1 is 1.46 bits per heavy atom. The summed E-state index contributed by atoms with van der Waals surface area (Å²) in [5, 5.41) is 9.40. The van der Waals surface area contributed by atoms with E-state index in [1.54, 1.807) is 14.1 Å². The van der Waals surface area contributed by atoms with Crippen LogP contribution in [0.25, 0.3) is 0 Å². The Kier molecular flexibility index (Phi) is 2.95. The van der Waals surface area contributed by atoms with Crippen molar-refractivity contribution in [2.75, 3.05) is 0 Å². The van der Waals surface area contributed by atoms with Gasteiger partial charge in [-0.25, -0.2) is 0 Å². The van der Waals surface area contributed by atoms with Crippen LogP contribution in [0.5, 0.6) is 0 Å². The van der Waals surface area contributed by atoms with Gasteiger partial charge in [-0.3, -0.25) is 0 Å². The lowest BCUT2D eigenvalue weighted by Gasteiger charge is -2.46. The van der Waals surface area contributed by atoms with Crippen molar-refractivity contribution in [1.82, 2.24) is 0 Å². The number of halogens is 3. The first-order chi connectivity index (χ1) is 5.94. The molecule has 0 heterocycles. The monoisotopic (exact) mass is 193 g/mol. The Bertz CT molecular complexity index is 177. The van der Waals surface area contributed by atoms with Crippen LogP contribution < -0.4 is 0 Å². The predicted octanol–water partition coefficient (Wildman–Crippen LogP) is 2.25. The van der Waals surface area contributed by atoms with Crippen LogP contribution in [0.2, 0.25) is 13.1 Å². The molecule has 1 aliphatic rings. The maximum Gasteiger partial charge on any atom is 0.396 e. The molecule has 1 atom stereocenters. The zero-order valence-electron chi connectivity index (χ0n) is 7.56. The number of hydrogen-bond donors (Lipinski definition) is 1. The second-order valence-corrected chi connectivity index (χ2v) is 3.67. The van der Waals surface area contributed by atoms with E-state index in [0.29, 0.717) is 6.42 Å². The molecule has 75 valence electrons. The van der Waals surface area contributed by atoms with E-state index in [1.165, 1.54) is 0 Å². The first-order valence-electron chi connectivity index (χ1n) is 4.46. The summed E-state index contributed by atoms with van der Waals surface area (Å²) in [7, 11) is 1.58. The van der Waals surface area contributed by atoms with Crippen LogP contribution in [-0.2, 0) is 0 Å².